The van der Waals surface area contributed by atoms with Gasteiger partial charge in [-0.15, -0.1) is 5.10 Å². The molecule has 0 aliphatic carbocycles. The number of pyridine rings is 1. The van der Waals surface area contributed by atoms with Crippen molar-refractivity contribution in [3.05, 3.63) is 48.0 Å². The Balaban J connectivity index is 1.72. The summed E-state index contributed by atoms with van der Waals surface area (Å²) in [4.78, 5) is 19.4. The van der Waals surface area contributed by atoms with Crippen LogP contribution in [0.3, 0.4) is 0 Å². The number of rotatable bonds is 5. The van der Waals surface area contributed by atoms with Gasteiger partial charge in [0, 0.05) is 42.3 Å². The molecule has 1 atom stereocenters. The molecule has 140 valence electrons. The lowest BCUT2D eigenvalue weighted by molar-refractivity contribution is 0.0685. The minimum absolute atomic E-state index is 0.0313. The molecular weight excluding hydrogens is 340 g/mol. The number of fused-ring (bicyclic) bond motifs is 1. The highest BCUT2D eigenvalue weighted by atomic mass is 16.2. The summed E-state index contributed by atoms with van der Waals surface area (Å²) in [7, 11) is 0. The molecule has 3 heterocycles. The predicted octanol–water partition coefficient (Wildman–Crippen LogP) is 2.34. The molecule has 0 saturated carbocycles. The van der Waals surface area contributed by atoms with Crippen molar-refractivity contribution in [2.75, 3.05) is 19.6 Å². The Bertz CT molecular complexity index is 955. The minimum atomic E-state index is -0.0313. The van der Waals surface area contributed by atoms with Crippen molar-refractivity contribution in [2.45, 2.75) is 32.7 Å². The molecule has 7 heteroatoms. The van der Waals surface area contributed by atoms with E-state index in [0.717, 1.165) is 54.6 Å². The van der Waals surface area contributed by atoms with Gasteiger partial charge in [0.25, 0.3) is 5.91 Å². The average Bonchev–Trinajstić information content (AvgIpc) is 3.35. The predicted molar refractivity (Wildman–Crippen MR) is 104 cm³/mol. The van der Waals surface area contributed by atoms with Gasteiger partial charge in [0.15, 0.2) is 5.69 Å². The highest BCUT2D eigenvalue weighted by Gasteiger charge is 2.30. The molecule has 4 rings (SSSR count). The van der Waals surface area contributed by atoms with E-state index in [0.29, 0.717) is 5.69 Å². The SMILES string of the molecule is CCCN(C(=O)c1nnn(-c2cccc3cnccc23)c1C)C1CCNC1. The quantitative estimate of drug-likeness (QED) is 0.752. The number of carbonyl (C=O) groups is 1. The molecule has 1 aliphatic rings. The molecule has 3 aromatic rings. The van der Waals surface area contributed by atoms with Gasteiger partial charge in [0.1, 0.15) is 0 Å². The van der Waals surface area contributed by atoms with E-state index in [9.17, 15) is 4.79 Å². The maximum atomic E-state index is 13.2. The Morgan fingerprint density at radius 1 is 1.37 bits per heavy atom. The summed E-state index contributed by atoms with van der Waals surface area (Å²) >= 11 is 0. The van der Waals surface area contributed by atoms with Crippen molar-refractivity contribution >= 4 is 16.7 Å². The maximum absolute atomic E-state index is 13.2. The van der Waals surface area contributed by atoms with E-state index in [4.69, 9.17) is 0 Å². The first-order chi connectivity index (χ1) is 13.2. The Morgan fingerprint density at radius 3 is 3.04 bits per heavy atom. The summed E-state index contributed by atoms with van der Waals surface area (Å²) in [5.74, 6) is -0.0313. The van der Waals surface area contributed by atoms with Gasteiger partial charge in [-0.3, -0.25) is 9.78 Å². The van der Waals surface area contributed by atoms with Crippen LogP contribution in [-0.4, -0.2) is 56.5 Å². The lowest BCUT2D eigenvalue weighted by atomic mass is 10.1. The Labute approximate surface area is 158 Å². The minimum Gasteiger partial charge on any atom is -0.333 e. The van der Waals surface area contributed by atoms with E-state index in [1.54, 1.807) is 10.9 Å². The number of hydrogen-bond donors (Lipinski definition) is 1. The molecule has 0 radical (unpaired) electrons. The molecule has 0 bridgehead atoms. The summed E-state index contributed by atoms with van der Waals surface area (Å²) < 4.78 is 1.76. The van der Waals surface area contributed by atoms with Gasteiger partial charge < -0.3 is 10.2 Å². The zero-order valence-corrected chi connectivity index (χ0v) is 15.7. The smallest absolute Gasteiger partial charge is 0.276 e. The van der Waals surface area contributed by atoms with Crippen LogP contribution in [0, 0.1) is 6.92 Å². The van der Waals surface area contributed by atoms with Crippen LogP contribution < -0.4 is 5.32 Å². The molecule has 0 spiro atoms. The maximum Gasteiger partial charge on any atom is 0.276 e. The number of benzene rings is 1. The molecule has 7 nitrogen and oxygen atoms in total. The van der Waals surface area contributed by atoms with Gasteiger partial charge in [-0.2, -0.15) is 0 Å². The van der Waals surface area contributed by atoms with Gasteiger partial charge in [0.05, 0.1) is 11.4 Å². The number of aromatic nitrogens is 4. The van der Waals surface area contributed by atoms with Crippen LogP contribution >= 0.6 is 0 Å². The third-order valence-electron chi connectivity index (χ3n) is 5.18. The summed E-state index contributed by atoms with van der Waals surface area (Å²) in [5, 5.41) is 14.0. The van der Waals surface area contributed by atoms with Crippen molar-refractivity contribution in [1.82, 2.24) is 30.2 Å². The lowest BCUT2D eigenvalue weighted by Crippen LogP contribution is -2.42. The summed E-state index contributed by atoms with van der Waals surface area (Å²) in [6, 6.07) is 8.16. The molecular formula is C20H24N6O. The van der Waals surface area contributed by atoms with E-state index in [1.165, 1.54) is 0 Å². The number of hydrogen-bond acceptors (Lipinski definition) is 5. The van der Waals surface area contributed by atoms with Gasteiger partial charge in [-0.1, -0.05) is 24.3 Å². The van der Waals surface area contributed by atoms with Crippen LogP contribution in [0.15, 0.2) is 36.7 Å². The highest BCUT2D eigenvalue weighted by molar-refractivity contribution is 5.94. The lowest BCUT2D eigenvalue weighted by Gasteiger charge is -2.27. The second kappa shape index (κ2) is 7.44. The van der Waals surface area contributed by atoms with Gasteiger partial charge in [-0.05, 0) is 38.4 Å². The van der Waals surface area contributed by atoms with Gasteiger partial charge in [-0.25, -0.2) is 4.68 Å². The molecule has 27 heavy (non-hydrogen) atoms. The van der Waals surface area contributed by atoms with Crippen LogP contribution in [0.25, 0.3) is 16.5 Å². The second-order valence-corrected chi connectivity index (χ2v) is 6.95. The van der Waals surface area contributed by atoms with Gasteiger partial charge in [0.2, 0.25) is 0 Å². The molecule has 1 N–H and O–H groups in total. The first kappa shape index (κ1) is 17.6. The van der Waals surface area contributed by atoms with Crippen molar-refractivity contribution in [2.24, 2.45) is 0 Å². The Kier molecular flexibility index (Phi) is 4.85. The highest BCUT2D eigenvalue weighted by Crippen LogP contribution is 2.23. The molecule has 1 amide bonds. The number of carbonyl (C=O) groups excluding carboxylic acids is 1. The van der Waals surface area contributed by atoms with E-state index in [2.05, 4.69) is 27.5 Å². The van der Waals surface area contributed by atoms with E-state index >= 15 is 0 Å². The fraction of sp³-hybridized carbons (Fsp3) is 0.400. The Hall–Kier alpha value is -2.80. The fourth-order valence-electron chi connectivity index (χ4n) is 3.78. The number of nitrogens with one attached hydrogen (secondary N) is 1. The van der Waals surface area contributed by atoms with Crippen molar-refractivity contribution in [3.63, 3.8) is 0 Å². The van der Waals surface area contributed by atoms with Crippen molar-refractivity contribution in [1.29, 1.82) is 0 Å². The first-order valence-electron chi connectivity index (χ1n) is 9.47. The van der Waals surface area contributed by atoms with Crippen molar-refractivity contribution < 1.29 is 4.79 Å². The largest absolute Gasteiger partial charge is 0.333 e. The molecule has 1 unspecified atom stereocenters. The van der Waals surface area contributed by atoms with Gasteiger partial charge >= 0.3 is 0 Å². The van der Waals surface area contributed by atoms with Crippen molar-refractivity contribution in [3.8, 4) is 5.69 Å². The third kappa shape index (κ3) is 3.19. The number of nitrogens with zero attached hydrogens (tertiary/aromatic N) is 5. The first-order valence-corrected chi connectivity index (χ1v) is 9.47. The zero-order valence-electron chi connectivity index (χ0n) is 15.7. The average molecular weight is 364 g/mol. The molecule has 2 aromatic heterocycles. The zero-order chi connectivity index (χ0) is 18.8. The summed E-state index contributed by atoms with van der Waals surface area (Å²) in [6.07, 6.45) is 5.49. The summed E-state index contributed by atoms with van der Waals surface area (Å²) in [5.41, 5.74) is 2.10. The normalized spacial score (nSPS) is 16.7. The third-order valence-corrected chi connectivity index (χ3v) is 5.18. The molecule has 1 aromatic carbocycles. The standard InChI is InChI=1S/C20H24N6O/c1-3-11-25(16-7-9-22-13-16)20(27)19-14(2)26(24-23-19)18-6-4-5-15-12-21-10-8-17(15)18/h4-6,8,10,12,16,22H,3,7,9,11,13H2,1-2H3. The Morgan fingerprint density at radius 2 is 2.26 bits per heavy atom. The van der Waals surface area contributed by atoms with E-state index in [1.807, 2.05) is 42.3 Å². The summed E-state index contributed by atoms with van der Waals surface area (Å²) in [6.45, 7) is 6.53. The molecule has 1 aliphatic heterocycles. The fourth-order valence-corrected chi connectivity index (χ4v) is 3.78. The van der Waals surface area contributed by atoms with Crippen LogP contribution in [0.5, 0.6) is 0 Å². The van der Waals surface area contributed by atoms with Crippen LogP contribution in [0.1, 0.15) is 35.9 Å². The second-order valence-electron chi connectivity index (χ2n) is 6.95. The molecule has 1 fully saturated rings. The topological polar surface area (TPSA) is 75.9 Å². The monoisotopic (exact) mass is 364 g/mol. The van der Waals surface area contributed by atoms with Crippen LogP contribution in [0.4, 0.5) is 0 Å². The van der Waals surface area contributed by atoms with Crippen LogP contribution in [-0.2, 0) is 0 Å². The van der Waals surface area contributed by atoms with E-state index in [-0.39, 0.29) is 11.9 Å². The van der Waals surface area contributed by atoms with Crippen LogP contribution in [0.2, 0.25) is 0 Å². The molecule has 1 saturated heterocycles. The number of amides is 1. The van der Waals surface area contributed by atoms with E-state index < -0.39 is 0 Å².